The molecule has 4 aromatic heterocycles. The number of imidazole rings is 2. The van der Waals surface area contributed by atoms with Crippen LogP contribution in [0, 0.1) is 5.82 Å². The molecule has 0 radical (unpaired) electrons. The Morgan fingerprint density at radius 1 is 1.13 bits per heavy atom. The van der Waals surface area contributed by atoms with Crippen LogP contribution in [0.3, 0.4) is 0 Å². The smallest absolute Gasteiger partial charge is 0.328 e. The van der Waals surface area contributed by atoms with E-state index in [4.69, 9.17) is 4.74 Å². The zero-order valence-corrected chi connectivity index (χ0v) is 15.6. The lowest BCUT2D eigenvalue weighted by molar-refractivity contribution is 0.244. The molecule has 1 aromatic carbocycles. The average molecular weight is 402 g/mol. The molecule has 8 nitrogen and oxygen atoms in total. The molecular formula is C21H15FN6O2. The second kappa shape index (κ2) is 6.24. The maximum absolute atomic E-state index is 14.2. The molecule has 1 atom stereocenters. The summed E-state index contributed by atoms with van der Waals surface area (Å²) in [5, 5.41) is 0. The number of pyridine rings is 1. The minimum absolute atomic E-state index is 0.186. The summed E-state index contributed by atoms with van der Waals surface area (Å²) >= 11 is 0. The Hall–Kier alpha value is -4.01. The number of aromatic nitrogens is 6. The van der Waals surface area contributed by atoms with E-state index >= 15 is 0 Å². The van der Waals surface area contributed by atoms with E-state index in [0.29, 0.717) is 41.3 Å². The molecule has 0 fully saturated rings. The molecule has 1 aliphatic rings. The van der Waals surface area contributed by atoms with Crippen molar-refractivity contribution in [2.75, 3.05) is 6.61 Å². The number of halogens is 1. The Labute approximate surface area is 168 Å². The highest BCUT2D eigenvalue weighted by molar-refractivity contribution is 5.73. The number of hydrogen-bond donors (Lipinski definition) is 1. The number of aromatic amines is 1. The SMILES string of the molecule is O=c1[nH]c2cnc(-c3cnc4ccccn34)nc2n1C1CCOc2c(F)cccc21. The fraction of sp³-hybridized carbons (Fsp3) is 0.143. The van der Waals surface area contributed by atoms with E-state index in [1.807, 2.05) is 28.8 Å². The predicted molar refractivity (Wildman–Crippen MR) is 107 cm³/mol. The van der Waals surface area contributed by atoms with Crippen molar-refractivity contribution in [3.05, 3.63) is 76.9 Å². The van der Waals surface area contributed by atoms with E-state index in [9.17, 15) is 9.18 Å². The van der Waals surface area contributed by atoms with Gasteiger partial charge >= 0.3 is 5.69 Å². The van der Waals surface area contributed by atoms with Crippen LogP contribution in [0.25, 0.3) is 28.3 Å². The Bertz CT molecular complexity index is 1480. The van der Waals surface area contributed by atoms with Gasteiger partial charge in [0.05, 0.1) is 25.0 Å². The van der Waals surface area contributed by atoms with Gasteiger partial charge < -0.3 is 9.72 Å². The number of nitrogens with zero attached hydrogens (tertiary/aromatic N) is 5. The second-order valence-corrected chi connectivity index (χ2v) is 7.11. The molecule has 0 saturated heterocycles. The highest BCUT2D eigenvalue weighted by Gasteiger charge is 2.28. The van der Waals surface area contributed by atoms with Gasteiger partial charge in [0.1, 0.15) is 16.9 Å². The molecular weight excluding hydrogens is 387 g/mol. The van der Waals surface area contributed by atoms with E-state index in [1.165, 1.54) is 6.07 Å². The van der Waals surface area contributed by atoms with Crippen LogP contribution in [0.5, 0.6) is 5.75 Å². The summed E-state index contributed by atoms with van der Waals surface area (Å²) in [5.74, 6) is 0.192. The van der Waals surface area contributed by atoms with E-state index in [1.54, 1.807) is 29.1 Å². The number of H-pyrrole nitrogens is 1. The molecule has 0 spiro atoms. The minimum Gasteiger partial charge on any atom is -0.490 e. The molecule has 9 heteroatoms. The molecule has 1 aliphatic heterocycles. The van der Waals surface area contributed by atoms with Crippen LogP contribution in [0.4, 0.5) is 4.39 Å². The van der Waals surface area contributed by atoms with Crippen molar-refractivity contribution in [3.63, 3.8) is 0 Å². The fourth-order valence-corrected chi connectivity index (χ4v) is 4.06. The minimum atomic E-state index is -0.439. The van der Waals surface area contributed by atoms with Gasteiger partial charge in [-0.25, -0.2) is 24.1 Å². The first-order valence-corrected chi connectivity index (χ1v) is 9.51. The summed E-state index contributed by atoms with van der Waals surface area (Å²) < 4.78 is 23.2. The van der Waals surface area contributed by atoms with Gasteiger partial charge in [-0.3, -0.25) is 8.97 Å². The highest BCUT2D eigenvalue weighted by atomic mass is 19.1. The van der Waals surface area contributed by atoms with Gasteiger partial charge in [-0.2, -0.15) is 0 Å². The third kappa shape index (κ3) is 2.38. The molecule has 5 heterocycles. The van der Waals surface area contributed by atoms with Crippen molar-refractivity contribution in [2.24, 2.45) is 0 Å². The van der Waals surface area contributed by atoms with E-state index in [2.05, 4.69) is 19.9 Å². The molecule has 6 rings (SSSR count). The molecule has 0 aliphatic carbocycles. The van der Waals surface area contributed by atoms with E-state index in [0.717, 1.165) is 5.65 Å². The van der Waals surface area contributed by atoms with Gasteiger partial charge in [-0.05, 0) is 18.2 Å². The second-order valence-electron chi connectivity index (χ2n) is 7.11. The maximum atomic E-state index is 14.2. The number of fused-ring (bicyclic) bond motifs is 3. The summed E-state index contributed by atoms with van der Waals surface area (Å²) in [6, 6.07) is 10.1. The van der Waals surface area contributed by atoms with Crippen molar-refractivity contribution in [2.45, 2.75) is 12.5 Å². The largest absolute Gasteiger partial charge is 0.490 e. The first kappa shape index (κ1) is 16.9. The Balaban J connectivity index is 1.57. The summed E-state index contributed by atoms with van der Waals surface area (Å²) in [6.07, 6.45) is 5.69. The molecule has 1 N–H and O–H groups in total. The van der Waals surface area contributed by atoms with Crippen LogP contribution in [0.15, 0.2) is 59.8 Å². The monoisotopic (exact) mass is 402 g/mol. The number of hydrogen-bond acceptors (Lipinski definition) is 5. The summed E-state index contributed by atoms with van der Waals surface area (Å²) in [4.78, 5) is 29.1. The summed E-state index contributed by atoms with van der Waals surface area (Å²) in [5.41, 5.74) is 2.76. The van der Waals surface area contributed by atoms with Crippen molar-refractivity contribution < 1.29 is 9.13 Å². The lowest BCUT2D eigenvalue weighted by atomic mass is 10.00. The highest BCUT2D eigenvalue weighted by Crippen LogP contribution is 2.37. The Morgan fingerprint density at radius 2 is 2.07 bits per heavy atom. The Morgan fingerprint density at radius 3 is 3.00 bits per heavy atom. The third-order valence-corrected chi connectivity index (χ3v) is 5.41. The topological polar surface area (TPSA) is 90.1 Å². The lowest BCUT2D eigenvalue weighted by Gasteiger charge is -2.26. The molecule has 0 amide bonds. The number of rotatable bonds is 2. The van der Waals surface area contributed by atoms with Crippen molar-refractivity contribution >= 4 is 16.8 Å². The van der Waals surface area contributed by atoms with Crippen LogP contribution in [-0.4, -0.2) is 35.5 Å². The molecule has 5 aromatic rings. The normalized spacial score (nSPS) is 16.0. The van der Waals surface area contributed by atoms with Crippen molar-refractivity contribution in [1.29, 1.82) is 0 Å². The van der Waals surface area contributed by atoms with Gasteiger partial charge in [0, 0.05) is 18.2 Å². The fourth-order valence-electron chi connectivity index (χ4n) is 4.06. The van der Waals surface area contributed by atoms with Crippen LogP contribution in [-0.2, 0) is 0 Å². The third-order valence-electron chi connectivity index (χ3n) is 5.41. The zero-order valence-electron chi connectivity index (χ0n) is 15.6. The quantitative estimate of drug-likeness (QED) is 0.490. The van der Waals surface area contributed by atoms with Gasteiger partial charge in [0.2, 0.25) is 0 Å². The van der Waals surface area contributed by atoms with Crippen LogP contribution < -0.4 is 10.4 Å². The molecule has 30 heavy (non-hydrogen) atoms. The van der Waals surface area contributed by atoms with Crippen LogP contribution in [0.2, 0.25) is 0 Å². The standard InChI is InChI=1S/C21H15FN6O2/c22-13-5-3-4-12-15(7-9-30-18(12)13)28-20-14(25-21(28)29)10-24-19(26-20)16-11-23-17-6-1-2-8-27(16)17/h1-6,8,10-11,15H,7,9H2,(H,25,29). The lowest BCUT2D eigenvalue weighted by Crippen LogP contribution is -2.28. The first-order valence-electron chi connectivity index (χ1n) is 9.51. The summed E-state index contributed by atoms with van der Waals surface area (Å²) in [6.45, 7) is 0.308. The maximum Gasteiger partial charge on any atom is 0.328 e. The predicted octanol–water partition coefficient (Wildman–Crippen LogP) is 2.95. The average Bonchev–Trinajstić information content (AvgIpc) is 3.33. The van der Waals surface area contributed by atoms with Crippen molar-refractivity contribution in [1.82, 2.24) is 28.9 Å². The Kier molecular flexibility index (Phi) is 3.52. The molecule has 1 unspecified atom stereocenters. The van der Waals surface area contributed by atoms with Gasteiger partial charge in [0.25, 0.3) is 0 Å². The van der Waals surface area contributed by atoms with Crippen LogP contribution >= 0.6 is 0 Å². The number of benzene rings is 1. The van der Waals surface area contributed by atoms with E-state index in [-0.39, 0.29) is 11.4 Å². The van der Waals surface area contributed by atoms with Gasteiger partial charge in [-0.1, -0.05) is 18.2 Å². The molecule has 0 saturated carbocycles. The van der Waals surface area contributed by atoms with Crippen LogP contribution in [0.1, 0.15) is 18.0 Å². The van der Waals surface area contributed by atoms with Crippen molar-refractivity contribution in [3.8, 4) is 17.3 Å². The molecule has 0 bridgehead atoms. The van der Waals surface area contributed by atoms with Gasteiger partial charge in [-0.15, -0.1) is 0 Å². The number of ether oxygens (including phenoxy) is 1. The summed E-state index contributed by atoms with van der Waals surface area (Å²) in [7, 11) is 0. The first-order chi connectivity index (χ1) is 14.7. The number of nitrogens with one attached hydrogen (secondary N) is 1. The van der Waals surface area contributed by atoms with E-state index < -0.39 is 11.9 Å². The molecule has 148 valence electrons. The van der Waals surface area contributed by atoms with Gasteiger partial charge in [0.15, 0.2) is 23.0 Å². The zero-order chi connectivity index (χ0) is 20.2. The number of para-hydroxylation sites is 1.